The zero-order chi connectivity index (χ0) is 18.0. The lowest BCUT2D eigenvalue weighted by atomic mass is 9.79. The van der Waals surface area contributed by atoms with Crippen LogP contribution in [0.2, 0.25) is 5.02 Å². The topological polar surface area (TPSA) is 84.2 Å². The van der Waals surface area contributed by atoms with Crippen LogP contribution in [0, 0.1) is 0 Å². The third-order valence-corrected chi connectivity index (χ3v) is 5.09. The van der Waals surface area contributed by atoms with Gasteiger partial charge in [0.2, 0.25) is 0 Å². The molecule has 0 aliphatic heterocycles. The molecule has 1 fully saturated rings. The average Bonchev–Trinajstić information content (AvgIpc) is 3.07. The minimum absolute atomic E-state index is 0.181. The number of aromatic hydroxyl groups is 1. The molecule has 1 amide bonds. The van der Waals surface area contributed by atoms with Crippen LogP contribution in [0.1, 0.15) is 41.7 Å². The largest absolute Gasteiger partial charge is 0.503 e. The Morgan fingerprint density at radius 2 is 2.12 bits per heavy atom. The molecule has 0 bridgehead atoms. The fourth-order valence-corrected chi connectivity index (χ4v) is 3.78. The number of amides is 1. The van der Waals surface area contributed by atoms with E-state index in [0.717, 1.165) is 31.2 Å². The Labute approximate surface area is 150 Å². The normalized spacial score (nSPS) is 15.9. The standard InChI is InChI=1S/C18H20ClN3O3/c1-20-17(25)15-16(24)14(23)10-22(21-15)11-18(7-2-3-8-18)12-5-4-6-13(19)9-12/h4-6,9-10,23H,2-3,7-8,11H2,1H3,(H,20,25). The van der Waals surface area contributed by atoms with Crippen LogP contribution in [0.15, 0.2) is 35.3 Å². The highest BCUT2D eigenvalue weighted by Gasteiger charge is 2.36. The number of benzene rings is 1. The summed E-state index contributed by atoms with van der Waals surface area (Å²) in [6.07, 6.45) is 5.37. The number of hydrogen-bond donors (Lipinski definition) is 2. The number of aromatic nitrogens is 2. The zero-order valence-electron chi connectivity index (χ0n) is 14.0. The maximum absolute atomic E-state index is 11.9. The molecule has 6 nitrogen and oxygen atoms in total. The monoisotopic (exact) mass is 361 g/mol. The van der Waals surface area contributed by atoms with Crippen LogP contribution in [0.4, 0.5) is 0 Å². The average molecular weight is 362 g/mol. The van der Waals surface area contributed by atoms with Gasteiger partial charge < -0.3 is 10.4 Å². The molecule has 1 saturated carbocycles. The molecule has 2 N–H and O–H groups in total. The van der Waals surface area contributed by atoms with E-state index in [0.29, 0.717) is 11.6 Å². The minimum atomic E-state index is -0.765. The number of carbonyl (C=O) groups is 1. The Bertz CT molecular complexity index is 857. The first kappa shape index (κ1) is 17.5. The van der Waals surface area contributed by atoms with E-state index in [9.17, 15) is 14.7 Å². The molecule has 1 aromatic heterocycles. The summed E-state index contributed by atoms with van der Waals surface area (Å²) < 4.78 is 1.49. The molecule has 3 rings (SSSR count). The molecular formula is C18H20ClN3O3. The first-order valence-electron chi connectivity index (χ1n) is 8.24. The van der Waals surface area contributed by atoms with Crippen molar-refractivity contribution in [3.63, 3.8) is 0 Å². The molecule has 0 unspecified atom stereocenters. The van der Waals surface area contributed by atoms with E-state index in [-0.39, 0.29) is 11.1 Å². The quantitative estimate of drug-likeness (QED) is 0.876. The van der Waals surface area contributed by atoms with Crippen LogP contribution in [-0.2, 0) is 12.0 Å². The summed E-state index contributed by atoms with van der Waals surface area (Å²) in [4.78, 5) is 23.8. The fourth-order valence-electron chi connectivity index (χ4n) is 3.59. The first-order valence-corrected chi connectivity index (χ1v) is 8.62. The second-order valence-electron chi connectivity index (χ2n) is 6.47. The number of nitrogens with one attached hydrogen (secondary N) is 1. The van der Waals surface area contributed by atoms with Gasteiger partial charge in [0.05, 0.1) is 12.7 Å². The van der Waals surface area contributed by atoms with Crippen LogP contribution >= 0.6 is 11.6 Å². The highest BCUT2D eigenvalue weighted by Crippen LogP contribution is 2.43. The first-order chi connectivity index (χ1) is 11.9. The summed E-state index contributed by atoms with van der Waals surface area (Å²) in [5, 5.41) is 17.1. The molecule has 25 heavy (non-hydrogen) atoms. The van der Waals surface area contributed by atoms with E-state index in [1.165, 1.54) is 17.9 Å². The van der Waals surface area contributed by atoms with Crippen molar-refractivity contribution in [3.05, 3.63) is 57.0 Å². The summed E-state index contributed by atoms with van der Waals surface area (Å²) in [5.74, 6) is -1.09. The van der Waals surface area contributed by atoms with Gasteiger partial charge in [-0.15, -0.1) is 0 Å². The summed E-state index contributed by atoms with van der Waals surface area (Å²) in [7, 11) is 1.42. The second kappa shape index (κ2) is 6.88. The van der Waals surface area contributed by atoms with E-state index in [2.05, 4.69) is 10.4 Å². The summed E-state index contributed by atoms with van der Waals surface area (Å²) in [5.41, 5.74) is -0.140. The SMILES string of the molecule is CNC(=O)c1nn(CC2(c3cccc(Cl)c3)CCCC2)cc(O)c1=O. The Morgan fingerprint density at radius 1 is 1.40 bits per heavy atom. The Kier molecular flexibility index (Phi) is 4.81. The lowest BCUT2D eigenvalue weighted by Crippen LogP contribution is -2.33. The van der Waals surface area contributed by atoms with Gasteiger partial charge in [-0.1, -0.05) is 36.6 Å². The van der Waals surface area contributed by atoms with Crippen molar-refractivity contribution in [2.24, 2.45) is 0 Å². The van der Waals surface area contributed by atoms with Gasteiger partial charge in [-0.25, -0.2) is 0 Å². The van der Waals surface area contributed by atoms with E-state index >= 15 is 0 Å². The molecule has 1 aliphatic carbocycles. The summed E-state index contributed by atoms with van der Waals surface area (Å²) in [6, 6.07) is 7.75. The van der Waals surface area contributed by atoms with Crippen molar-refractivity contribution in [2.75, 3.05) is 7.05 Å². The van der Waals surface area contributed by atoms with Crippen LogP contribution in [0.25, 0.3) is 0 Å². The number of hydrogen-bond acceptors (Lipinski definition) is 4. The number of halogens is 1. The predicted octanol–water partition coefficient (Wildman–Crippen LogP) is 2.47. The van der Waals surface area contributed by atoms with Crippen molar-refractivity contribution in [3.8, 4) is 5.75 Å². The Balaban J connectivity index is 2.03. The Hall–Kier alpha value is -2.34. The molecule has 7 heteroatoms. The lowest BCUT2D eigenvalue weighted by Gasteiger charge is -2.30. The van der Waals surface area contributed by atoms with Crippen molar-refractivity contribution in [1.29, 1.82) is 0 Å². The van der Waals surface area contributed by atoms with Crippen LogP contribution in [0.3, 0.4) is 0 Å². The van der Waals surface area contributed by atoms with Gasteiger partial charge in [-0.05, 0) is 30.5 Å². The molecule has 2 aromatic rings. The molecule has 0 radical (unpaired) electrons. The van der Waals surface area contributed by atoms with Gasteiger partial charge in [0.1, 0.15) is 0 Å². The molecule has 0 spiro atoms. The Morgan fingerprint density at radius 3 is 2.76 bits per heavy atom. The minimum Gasteiger partial charge on any atom is -0.503 e. The number of nitrogens with zero attached hydrogens (tertiary/aromatic N) is 2. The maximum Gasteiger partial charge on any atom is 0.275 e. The van der Waals surface area contributed by atoms with Gasteiger partial charge in [0, 0.05) is 17.5 Å². The number of carbonyl (C=O) groups excluding carboxylic acids is 1. The van der Waals surface area contributed by atoms with Crippen LogP contribution in [0.5, 0.6) is 5.75 Å². The van der Waals surface area contributed by atoms with Crippen molar-refractivity contribution < 1.29 is 9.90 Å². The smallest absolute Gasteiger partial charge is 0.275 e. The van der Waals surface area contributed by atoms with E-state index < -0.39 is 17.1 Å². The second-order valence-corrected chi connectivity index (χ2v) is 6.90. The van der Waals surface area contributed by atoms with Gasteiger partial charge in [0.25, 0.3) is 11.3 Å². The number of rotatable bonds is 4. The van der Waals surface area contributed by atoms with E-state index in [1.54, 1.807) is 0 Å². The van der Waals surface area contributed by atoms with E-state index in [4.69, 9.17) is 11.6 Å². The lowest BCUT2D eigenvalue weighted by molar-refractivity contribution is 0.0953. The van der Waals surface area contributed by atoms with Crippen LogP contribution < -0.4 is 10.7 Å². The third kappa shape index (κ3) is 3.39. The molecule has 1 heterocycles. The molecule has 1 aliphatic rings. The van der Waals surface area contributed by atoms with Gasteiger partial charge in [0.15, 0.2) is 11.4 Å². The van der Waals surface area contributed by atoms with Gasteiger partial charge >= 0.3 is 0 Å². The molecule has 0 saturated heterocycles. The summed E-state index contributed by atoms with van der Waals surface area (Å²) in [6.45, 7) is 0.463. The highest BCUT2D eigenvalue weighted by molar-refractivity contribution is 6.30. The third-order valence-electron chi connectivity index (χ3n) is 4.85. The van der Waals surface area contributed by atoms with Crippen molar-refractivity contribution in [2.45, 2.75) is 37.6 Å². The van der Waals surface area contributed by atoms with Crippen molar-refractivity contribution in [1.82, 2.24) is 15.1 Å². The highest BCUT2D eigenvalue weighted by atomic mass is 35.5. The summed E-state index contributed by atoms with van der Waals surface area (Å²) >= 11 is 6.16. The molecule has 0 atom stereocenters. The van der Waals surface area contributed by atoms with Crippen molar-refractivity contribution >= 4 is 17.5 Å². The van der Waals surface area contributed by atoms with Crippen LogP contribution in [-0.4, -0.2) is 27.8 Å². The molecular weight excluding hydrogens is 342 g/mol. The van der Waals surface area contributed by atoms with Gasteiger partial charge in [-0.3, -0.25) is 14.3 Å². The molecule has 1 aromatic carbocycles. The fraction of sp³-hybridized carbons (Fsp3) is 0.389. The molecule has 132 valence electrons. The van der Waals surface area contributed by atoms with Gasteiger partial charge in [-0.2, -0.15) is 5.10 Å². The zero-order valence-corrected chi connectivity index (χ0v) is 14.7. The predicted molar refractivity (Wildman–Crippen MR) is 95.2 cm³/mol. The maximum atomic E-state index is 11.9. The van der Waals surface area contributed by atoms with E-state index in [1.807, 2.05) is 24.3 Å².